The van der Waals surface area contributed by atoms with E-state index in [1.54, 1.807) is 0 Å². The first-order valence-corrected chi connectivity index (χ1v) is 6.60. The number of hydrogen-bond acceptors (Lipinski definition) is 3. The molecule has 0 bridgehead atoms. The van der Waals surface area contributed by atoms with Crippen LogP contribution in [-0.2, 0) is 6.42 Å². The largest absolute Gasteiger partial charge is 0.380 e. The smallest absolute Gasteiger partial charge is 0.175 e. The predicted molar refractivity (Wildman–Crippen MR) is 74.6 cm³/mol. The van der Waals surface area contributed by atoms with Crippen LogP contribution in [-0.4, -0.2) is 5.16 Å². The van der Waals surface area contributed by atoms with Crippen LogP contribution < -0.4 is 5.73 Å². The molecular weight excluding hydrogens is 248 g/mol. The van der Waals surface area contributed by atoms with Gasteiger partial charge in [-0.1, -0.05) is 48.7 Å². The van der Waals surface area contributed by atoms with Crippen LogP contribution in [0, 0.1) is 0 Å². The molecule has 1 heterocycles. The summed E-state index contributed by atoms with van der Waals surface area (Å²) in [5.74, 6) is 1.28. The minimum Gasteiger partial charge on any atom is -0.380 e. The number of anilines is 1. The van der Waals surface area contributed by atoms with Crippen molar-refractivity contribution in [2.75, 3.05) is 5.73 Å². The Morgan fingerprint density at radius 1 is 1.33 bits per heavy atom. The fraction of sp³-hybridized carbons (Fsp3) is 0.357. The molecule has 0 aliphatic carbocycles. The number of nitrogen functional groups attached to an aromatic ring is 1. The van der Waals surface area contributed by atoms with Gasteiger partial charge in [-0.05, 0) is 24.1 Å². The average molecular weight is 265 g/mol. The Morgan fingerprint density at radius 2 is 2.17 bits per heavy atom. The highest BCUT2D eigenvalue weighted by molar-refractivity contribution is 6.30. The van der Waals surface area contributed by atoms with Crippen LogP contribution in [0.25, 0.3) is 11.1 Å². The minimum atomic E-state index is 0.434. The van der Waals surface area contributed by atoms with E-state index >= 15 is 0 Å². The van der Waals surface area contributed by atoms with Gasteiger partial charge in [0.15, 0.2) is 5.82 Å². The molecule has 2 N–H and O–H groups in total. The Bertz CT molecular complexity index is 522. The molecule has 0 fully saturated rings. The monoisotopic (exact) mass is 264 g/mol. The number of rotatable bonds is 5. The number of nitrogens with zero attached hydrogens (tertiary/aromatic N) is 1. The number of aryl methyl sites for hydroxylation is 1. The van der Waals surface area contributed by atoms with Crippen molar-refractivity contribution in [2.45, 2.75) is 32.6 Å². The van der Waals surface area contributed by atoms with Gasteiger partial charge in [0.05, 0.1) is 5.56 Å². The van der Waals surface area contributed by atoms with Gasteiger partial charge in [-0.2, -0.15) is 0 Å². The summed E-state index contributed by atoms with van der Waals surface area (Å²) in [5, 5.41) is 4.55. The van der Waals surface area contributed by atoms with Crippen molar-refractivity contribution in [1.29, 1.82) is 0 Å². The molecule has 96 valence electrons. The van der Waals surface area contributed by atoms with Gasteiger partial charge in [-0.3, -0.25) is 0 Å². The lowest BCUT2D eigenvalue weighted by molar-refractivity contribution is 0.382. The second-order valence-corrected chi connectivity index (χ2v) is 4.77. The van der Waals surface area contributed by atoms with Gasteiger partial charge in [0.1, 0.15) is 5.76 Å². The van der Waals surface area contributed by atoms with E-state index < -0.39 is 0 Å². The molecule has 0 unspecified atom stereocenters. The summed E-state index contributed by atoms with van der Waals surface area (Å²) >= 11 is 6.00. The molecule has 0 amide bonds. The highest BCUT2D eigenvalue weighted by Crippen LogP contribution is 2.32. The van der Waals surface area contributed by atoms with Crippen LogP contribution in [0.2, 0.25) is 5.02 Å². The molecule has 1 aromatic heterocycles. The standard InChI is InChI=1S/C14H17ClN2O/c1-2-3-4-8-12-13(14(16)17-18-12)10-6-5-7-11(15)9-10/h5-7,9H,2-4,8H2,1H3,(H2,16,17). The Hall–Kier alpha value is -1.48. The number of hydrogen-bond donors (Lipinski definition) is 1. The number of benzene rings is 1. The second kappa shape index (κ2) is 5.91. The summed E-state index contributed by atoms with van der Waals surface area (Å²) in [6.07, 6.45) is 4.30. The van der Waals surface area contributed by atoms with Crippen molar-refractivity contribution in [3.05, 3.63) is 35.0 Å². The molecule has 4 heteroatoms. The van der Waals surface area contributed by atoms with E-state index in [1.807, 2.05) is 24.3 Å². The van der Waals surface area contributed by atoms with Gasteiger partial charge in [-0.15, -0.1) is 0 Å². The molecule has 0 aliphatic heterocycles. The SMILES string of the molecule is CCCCCc1onc(N)c1-c1cccc(Cl)c1. The number of nitrogens with two attached hydrogens (primary N) is 1. The Morgan fingerprint density at radius 3 is 2.89 bits per heavy atom. The van der Waals surface area contributed by atoms with Crippen molar-refractivity contribution in [3.63, 3.8) is 0 Å². The van der Waals surface area contributed by atoms with E-state index in [4.69, 9.17) is 21.9 Å². The van der Waals surface area contributed by atoms with Crippen LogP contribution in [0.4, 0.5) is 5.82 Å². The molecule has 0 spiro atoms. The number of aromatic nitrogens is 1. The van der Waals surface area contributed by atoms with Crippen molar-refractivity contribution in [1.82, 2.24) is 5.16 Å². The molecule has 3 nitrogen and oxygen atoms in total. The topological polar surface area (TPSA) is 52.0 Å². The summed E-state index contributed by atoms with van der Waals surface area (Å²) in [4.78, 5) is 0. The third kappa shape index (κ3) is 2.85. The van der Waals surface area contributed by atoms with Gasteiger partial charge < -0.3 is 10.3 Å². The van der Waals surface area contributed by atoms with Crippen molar-refractivity contribution in [2.24, 2.45) is 0 Å². The quantitative estimate of drug-likeness (QED) is 0.819. The lowest BCUT2D eigenvalue weighted by Crippen LogP contribution is -1.91. The molecular formula is C14H17ClN2O. The highest BCUT2D eigenvalue weighted by Gasteiger charge is 2.15. The summed E-state index contributed by atoms with van der Waals surface area (Å²) in [6.45, 7) is 2.17. The van der Waals surface area contributed by atoms with Crippen molar-refractivity contribution in [3.8, 4) is 11.1 Å². The van der Waals surface area contributed by atoms with E-state index in [9.17, 15) is 0 Å². The van der Waals surface area contributed by atoms with E-state index in [-0.39, 0.29) is 0 Å². The predicted octanol–water partition coefficient (Wildman–Crippen LogP) is 4.31. The summed E-state index contributed by atoms with van der Waals surface area (Å²) in [7, 11) is 0. The van der Waals surface area contributed by atoms with Crippen molar-refractivity contribution >= 4 is 17.4 Å². The molecule has 0 saturated carbocycles. The normalized spacial score (nSPS) is 10.8. The van der Waals surface area contributed by atoms with E-state index in [0.29, 0.717) is 10.8 Å². The number of unbranched alkanes of at least 4 members (excludes halogenated alkanes) is 2. The lowest BCUT2D eigenvalue weighted by atomic mass is 10.0. The lowest BCUT2D eigenvalue weighted by Gasteiger charge is -2.03. The fourth-order valence-electron chi connectivity index (χ4n) is 2.00. The van der Waals surface area contributed by atoms with Crippen LogP contribution in [0.1, 0.15) is 31.9 Å². The minimum absolute atomic E-state index is 0.434. The second-order valence-electron chi connectivity index (χ2n) is 4.33. The van der Waals surface area contributed by atoms with Crippen LogP contribution in [0.15, 0.2) is 28.8 Å². The first-order chi connectivity index (χ1) is 8.72. The summed E-state index contributed by atoms with van der Waals surface area (Å²) in [5.41, 5.74) is 7.73. The van der Waals surface area contributed by atoms with Gasteiger partial charge in [0, 0.05) is 11.4 Å². The summed E-state index contributed by atoms with van der Waals surface area (Å²) in [6, 6.07) is 7.59. The van der Waals surface area contributed by atoms with Gasteiger partial charge in [0.25, 0.3) is 0 Å². The fourth-order valence-corrected chi connectivity index (χ4v) is 2.19. The third-order valence-electron chi connectivity index (χ3n) is 2.91. The molecule has 0 radical (unpaired) electrons. The van der Waals surface area contributed by atoms with E-state index in [0.717, 1.165) is 29.7 Å². The Balaban J connectivity index is 2.29. The van der Waals surface area contributed by atoms with Crippen molar-refractivity contribution < 1.29 is 4.52 Å². The van der Waals surface area contributed by atoms with Crippen LogP contribution >= 0.6 is 11.6 Å². The average Bonchev–Trinajstić information content (AvgIpc) is 2.71. The van der Waals surface area contributed by atoms with Crippen LogP contribution in [0.3, 0.4) is 0 Å². The van der Waals surface area contributed by atoms with Gasteiger partial charge in [-0.25, -0.2) is 0 Å². The maximum Gasteiger partial charge on any atom is 0.175 e. The van der Waals surface area contributed by atoms with E-state index in [2.05, 4.69) is 12.1 Å². The molecule has 2 rings (SSSR count). The molecule has 18 heavy (non-hydrogen) atoms. The van der Waals surface area contributed by atoms with E-state index in [1.165, 1.54) is 12.8 Å². The molecule has 0 atom stereocenters. The zero-order chi connectivity index (χ0) is 13.0. The van der Waals surface area contributed by atoms with Crippen LogP contribution in [0.5, 0.6) is 0 Å². The first-order valence-electron chi connectivity index (χ1n) is 6.22. The maximum atomic E-state index is 6.00. The first kappa shape index (κ1) is 13.0. The van der Waals surface area contributed by atoms with Gasteiger partial charge in [0.2, 0.25) is 0 Å². The number of halogens is 1. The van der Waals surface area contributed by atoms with Gasteiger partial charge >= 0.3 is 0 Å². The molecule has 0 aliphatic rings. The third-order valence-corrected chi connectivity index (χ3v) is 3.14. The molecule has 1 aromatic carbocycles. The zero-order valence-electron chi connectivity index (χ0n) is 10.4. The zero-order valence-corrected chi connectivity index (χ0v) is 11.2. The molecule has 0 saturated heterocycles. The molecule has 2 aromatic rings. The Kier molecular flexibility index (Phi) is 4.26. The summed E-state index contributed by atoms with van der Waals surface area (Å²) < 4.78 is 5.32. The highest BCUT2D eigenvalue weighted by atomic mass is 35.5. The maximum absolute atomic E-state index is 6.00. The Labute approximate surface area is 112 Å².